The van der Waals surface area contributed by atoms with Crippen LogP contribution in [0.25, 0.3) is 0 Å². The molecule has 0 bridgehead atoms. The molecule has 0 spiro atoms. The zero-order valence-electron chi connectivity index (χ0n) is 7.97. The van der Waals surface area contributed by atoms with Crippen LogP contribution in [-0.4, -0.2) is 29.4 Å². The minimum Gasteiger partial charge on any atom is -0.497 e. The van der Waals surface area contributed by atoms with E-state index >= 15 is 0 Å². The first-order valence-electron chi connectivity index (χ1n) is 4.30. The molecule has 0 aliphatic carbocycles. The Morgan fingerprint density at radius 3 is 2.50 bits per heavy atom. The van der Waals surface area contributed by atoms with E-state index in [1.165, 1.54) is 7.11 Å². The fourth-order valence-electron chi connectivity index (χ4n) is 1.27. The van der Waals surface area contributed by atoms with Gasteiger partial charge < -0.3 is 19.9 Å². The van der Waals surface area contributed by atoms with Gasteiger partial charge in [0.1, 0.15) is 5.75 Å². The van der Waals surface area contributed by atoms with Crippen LogP contribution < -0.4 is 4.74 Å². The maximum absolute atomic E-state index is 9.03. The molecule has 76 valence electrons. The van der Waals surface area contributed by atoms with Crippen LogP contribution in [-0.2, 0) is 12.9 Å². The molecule has 0 aliphatic rings. The van der Waals surface area contributed by atoms with Gasteiger partial charge in [0.15, 0.2) is 0 Å². The molecule has 14 heavy (non-hydrogen) atoms. The summed E-state index contributed by atoms with van der Waals surface area (Å²) in [5.41, 5.74) is 1.36. The van der Waals surface area contributed by atoms with Crippen molar-refractivity contribution in [3.63, 3.8) is 0 Å². The van der Waals surface area contributed by atoms with Crippen molar-refractivity contribution in [1.29, 1.82) is 0 Å². The van der Waals surface area contributed by atoms with Crippen molar-refractivity contribution in [2.45, 2.75) is 12.9 Å². The van der Waals surface area contributed by atoms with E-state index in [0.29, 0.717) is 16.9 Å². The van der Waals surface area contributed by atoms with Crippen LogP contribution in [0.15, 0.2) is 18.2 Å². The number of rotatable bonds is 4. The first-order chi connectivity index (χ1) is 6.67. The molecular weight excluding hydrogens is 183 g/mol. The van der Waals surface area contributed by atoms with Gasteiger partial charge in [-0.3, -0.25) is 0 Å². The summed E-state index contributed by atoms with van der Waals surface area (Å²) < 4.78 is 4.98. The van der Waals surface area contributed by atoms with E-state index < -0.39 is 7.12 Å². The summed E-state index contributed by atoms with van der Waals surface area (Å²) in [5, 5.41) is 26.6. The van der Waals surface area contributed by atoms with Gasteiger partial charge in [0.2, 0.25) is 0 Å². The van der Waals surface area contributed by atoms with Crippen molar-refractivity contribution in [3.8, 4) is 5.75 Å². The highest BCUT2D eigenvalue weighted by Gasteiger charge is 2.11. The van der Waals surface area contributed by atoms with E-state index in [2.05, 4.69) is 0 Å². The highest BCUT2D eigenvalue weighted by Crippen LogP contribution is 2.18. The summed E-state index contributed by atoms with van der Waals surface area (Å²) in [6.45, 7) is -0.140. The molecule has 4 nitrogen and oxygen atoms in total. The Bertz CT molecular complexity index is 301. The maximum atomic E-state index is 9.03. The first kappa shape index (κ1) is 11.0. The number of hydrogen-bond acceptors (Lipinski definition) is 4. The lowest BCUT2D eigenvalue weighted by Crippen LogP contribution is -2.16. The Morgan fingerprint density at radius 1 is 1.29 bits per heavy atom. The van der Waals surface area contributed by atoms with Gasteiger partial charge in [-0.15, -0.1) is 0 Å². The van der Waals surface area contributed by atoms with Crippen LogP contribution in [0.1, 0.15) is 11.1 Å². The number of aliphatic hydroxyl groups is 1. The van der Waals surface area contributed by atoms with Gasteiger partial charge in [-0.25, -0.2) is 0 Å². The lowest BCUT2D eigenvalue weighted by molar-refractivity contribution is 0.279. The average Bonchev–Trinajstić information content (AvgIpc) is 2.17. The van der Waals surface area contributed by atoms with Crippen molar-refractivity contribution >= 4 is 7.12 Å². The summed E-state index contributed by atoms with van der Waals surface area (Å²) in [4.78, 5) is 0. The highest BCUT2D eigenvalue weighted by atomic mass is 16.5. The second-order valence-corrected chi connectivity index (χ2v) is 2.98. The van der Waals surface area contributed by atoms with Crippen molar-refractivity contribution < 1.29 is 19.9 Å². The van der Waals surface area contributed by atoms with E-state index in [9.17, 15) is 0 Å². The van der Waals surface area contributed by atoms with Crippen LogP contribution in [0.3, 0.4) is 0 Å². The number of methoxy groups -OCH3 is 1. The molecule has 1 aromatic carbocycles. The SMILES string of the molecule is COc1ccc(CB(O)O)c(CO)c1. The van der Waals surface area contributed by atoms with E-state index in [-0.39, 0.29) is 12.9 Å². The molecule has 0 saturated carbocycles. The smallest absolute Gasteiger partial charge is 0.456 e. The average molecular weight is 196 g/mol. The third-order valence-corrected chi connectivity index (χ3v) is 1.99. The van der Waals surface area contributed by atoms with Crippen LogP contribution >= 0.6 is 0 Å². The molecule has 1 aromatic rings. The number of hydrogen-bond donors (Lipinski definition) is 3. The lowest BCUT2D eigenvalue weighted by atomic mass is 9.80. The zero-order chi connectivity index (χ0) is 10.6. The Balaban J connectivity index is 2.93. The molecule has 5 heteroatoms. The van der Waals surface area contributed by atoms with Gasteiger partial charge in [-0.2, -0.15) is 0 Å². The van der Waals surface area contributed by atoms with Crippen LogP contribution in [0, 0.1) is 0 Å². The molecule has 0 fully saturated rings. The van der Waals surface area contributed by atoms with E-state index in [0.717, 1.165) is 0 Å². The van der Waals surface area contributed by atoms with E-state index in [4.69, 9.17) is 19.9 Å². The summed E-state index contributed by atoms with van der Waals surface area (Å²) in [5.74, 6) is 0.644. The predicted molar refractivity (Wildman–Crippen MR) is 52.8 cm³/mol. The third-order valence-electron chi connectivity index (χ3n) is 1.99. The topological polar surface area (TPSA) is 69.9 Å². The molecule has 0 radical (unpaired) electrons. The summed E-state index contributed by atoms with van der Waals surface area (Å²) in [6, 6.07) is 5.11. The van der Waals surface area contributed by atoms with Crippen molar-refractivity contribution in [2.75, 3.05) is 7.11 Å². The minimum atomic E-state index is -1.39. The van der Waals surface area contributed by atoms with Gasteiger partial charge in [0.05, 0.1) is 13.7 Å². The standard InChI is InChI=1S/C9H13BO4/c1-14-9-3-2-7(5-10(12)13)8(4-9)6-11/h2-4,11-13H,5-6H2,1H3. The van der Waals surface area contributed by atoms with Gasteiger partial charge >= 0.3 is 7.12 Å². The molecular formula is C9H13BO4. The number of ether oxygens (including phenoxy) is 1. The minimum absolute atomic E-state index is 0.111. The quantitative estimate of drug-likeness (QED) is 0.580. The fraction of sp³-hybridized carbons (Fsp3) is 0.333. The molecule has 0 amide bonds. The summed E-state index contributed by atoms with van der Waals surface area (Å²) in [6.07, 6.45) is 0.111. The second-order valence-electron chi connectivity index (χ2n) is 2.98. The molecule has 0 aliphatic heterocycles. The monoisotopic (exact) mass is 196 g/mol. The van der Waals surface area contributed by atoms with Crippen LogP contribution in [0.5, 0.6) is 5.75 Å². The van der Waals surface area contributed by atoms with E-state index in [1.807, 2.05) is 0 Å². The Hall–Kier alpha value is -1.04. The maximum Gasteiger partial charge on any atom is 0.456 e. The summed E-state index contributed by atoms with van der Waals surface area (Å²) >= 11 is 0. The number of benzene rings is 1. The van der Waals surface area contributed by atoms with Crippen molar-refractivity contribution in [3.05, 3.63) is 29.3 Å². The normalized spacial score (nSPS) is 10.0. The molecule has 0 heterocycles. The molecule has 0 saturated heterocycles. The Morgan fingerprint density at radius 2 is 2.00 bits per heavy atom. The molecule has 0 atom stereocenters. The zero-order valence-corrected chi connectivity index (χ0v) is 7.97. The lowest BCUT2D eigenvalue weighted by Gasteiger charge is -2.08. The predicted octanol–water partition coefficient (Wildman–Crippen LogP) is -0.258. The van der Waals surface area contributed by atoms with E-state index in [1.54, 1.807) is 18.2 Å². The highest BCUT2D eigenvalue weighted by molar-refractivity contribution is 6.40. The fourth-order valence-corrected chi connectivity index (χ4v) is 1.27. The van der Waals surface area contributed by atoms with Crippen LogP contribution in [0.4, 0.5) is 0 Å². The summed E-state index contributed by atoms with van der Waals surface area (Å²) in [7, 11) is 0.144. The van der Waals surface area contributed by atoms with Crippen molar-refractivity contribution in [2.24, 2.45) is 0 Å². The van der Waals surface area contributed by atoms with Gasteiger partial charge in [-0.05, 0) is 23.3 Å². The van der Waals surface area contributed by atoms with Gasteiger partial charge in [0.25, 0.3) is 0 Å². The second kappa shape index (κ2) is 5.00. The Labute approximate surface area is 82.9 Å². The Kier molecular flexibility index (Phi) is 3.94. The molecule has 0 aromatic heterocycles. The third kappa shape index (κ3) is 2.73. The molecule has 0 unspecified atom stereocenters. The first-order valence-corrected chi connectivity index (χ1v) is 4.30. The largest absolute Gasteiger partial charge is 0.497 e. The number of aliphatic hydroxyl groups excluding tert-OH is 1. The van der Waals surface area contributed by atoms with Gasteiger partial charge in [-0.1, -0.05) is 6.07 Å². The van der Waals surface area contributed by atoms with Crippen LogP contribution in [0.2, 0.25) is 0 Å². The van der Waals surface area contributed by atoms with Gasteiger partial charge in [0, 0.05) is 6.32 Å². The molecule has 3 N–H and O–H groups in total. The van der Waals surface area contributed by atoms with Crippen molar-refractivity contribution in [1.82, 2.24) is 0 Å². The molecule has 1 rings (SSSR count).